The van der Waals surface area contributed by atoms with Crippen molar-refractivity contribution >= 4 is 32.2 Å². The average molecular weight is 315 g/mol. The number of nitrogens with two attached hydrogens (primary N) is 1. The number of nitrogens with zero attached hydrogens (tertiary/aromatic N) is 4. The molecule has 2 aromatic rings. The zero-order valence-electron chi connectivity index (χ0n) is 11.6. The maximum absolute atomic E-state index is 12.1. The Morgan fingerprint density at radius 1 is 1.50 bits per heavy atom. The summed E-state index contributed by atoms with van der Waals surface area (Å²) in [7, 11) is 0.261. The van der Waals surface area contributed by atoms with Gasteiger partial charge in [-0.15, -0.1) is 0 Å². The molecule has 2 N–H and O–H groups in total. The van der Waals surface area contributed by atoms with Crippen LogP contribution in [0.15, 0.2) is 17.3 Å². The van der Waals surface area contributed by atoms with Crippen molar-refractivity contribution in [3.63, 3.8) is 0 Å². The minimum Gasteiger partial charge on any atom is -0.382 e. The number of hydrogen-bond acceptors (Lipinski definition) is 7. The Kier molecular flexibility index (Phi) is 4.00. The number of nitrogen functional groups attached to an aromatic ring is 1. The maximum Gasteiger partial charge on any atom is 0.184 e. The summed E-state index contributed by atoms with van der Waals surface area (Å²) in [4.78, 5) is 1.96. The normalized spacial score (nSPS) is 11.8. The first-order valence-electron chi connectivity index (χ1n) is 6.01. The topological polar surface area (TPSA) is 94.1 Å². The first-order chi connectivity index (χ1) is 9.35. The molecule has 0 amide bonds. The number of rotatable bonds is 5. The van der Waals surface area contributed by atoms with Gasteiger partial charge in [-0.1, -0.05) is 6.92 Å². The fourth-order valence-electron chi connectivity index (χ4n) is 1.86. The van der Waals surface area contributed by atoms with Gasteiger partial charge in [0.1, 0.15) is 9.90 Å². The van der Waals surface area contributed by atoms with Crippen LogP contribution in [0.25, 0.3) is 0 Å². The van der Waals surface area contributed by atoms with E-state index in [1.807, 2.05) is 25.2 Å². The van der Waals surface area contributed by atoms with Crippen molar-refractivity contribution in [2.24, 2.45) is 7.05 Å². The molecular formula is C11H17N5O2S2. The Morgan fingerprint density at radius 2 is 2.20 bits per heavy atom. The van der Waals surface area contributed by atoms with Crippen molar-refractivity contribution in [3.8, 4) is 0 Å². The quantitative estimate of drug-likeness (QED) is 0.880. The maximum atomic E-state index is 12.1. The third kappa shape index (κ3) is 2.78. The fraction of sp³-hybridized carbons (Fsp3) is 0.455. The Morgan fingerprint density at radius 3 is 2.75 bits per heavy atom. The summed E-state index contributed by atoms with van der Waals surface area (Å²) in [5.41, 5.74) is 6.70. The predicted molar refractivity (Wildman–Crippen MR) is 79.6 cm³/mol. The van der Waals surface area contributed by atoms with E-state index in [1.54, 1.807) is 17.8 Å². The first-order valence-corrected chi connectivity index (χ1v) is 8.44. The van der Waals surface area contributed by atoms with E-state index in [1.165, 1.54) is 0 Å². The van der Waals surface area contributed by atoms with Crippen molar-refractivity contribution in [3.05, 3.63) is 18.0 Å². The molecule has 0 radical (unpaired) electrons. The van der Waals surface area contributed by atoms with Gasteiger partial charge in [-0.05, 0) is 11.5 Å². The smallest absolute Gasteiger partial charge is 0.184 e. The van der Waals surface area contributed by atoms with Crippen molar-refractivity contribution < 1.29 is 8.42 Å². The molecule has 0 fully saturated rings. The monoisotopic (exact) mass is 315 g/mol. The number of anilines is 2. The molecule has 0 spiro atoms. The highest BCUT2D eigenvalue weighted by molar-refractivity contribution is 7.91. The molecule has 0 aliphatic rings. The molecule has 9 heteroatoms. The van der Waals surface area contributed by atoms with E-state index in [0.29, 0.717) is 11.5 Å². The van der Waals surface area contributed by atoms with Gasteiger partial charge in [0.25, 0.3) is 0 Å². The Balaban J connectivity index is 2.34. The van der Waals surface area contributed by atoms with Gasteiger partial charge in [0.2, 0.25) is 0 Å². The summed E-state index contributed by atoms with van der Waals surface area (Å²) in [5.74, 6) is 0.0773. The highest BCUT2D eigenvalue weighted by atomic mass is 32.2. The Labute approximate surface area is 122 Å². The largest absolute Gasteiger partial charge is 0.382 e. The number of aromatic nitrogens is 3. The van der Waals surface area contributed by atoms with E-state index in [2.05, 4.69) is 9.47 Å². The molecule has 2 aromatic heterocycles. The Bertz CT molecular complexity index is 704. The standard InChI is InChI=1S/C11H17N5O2S2/c1-4-20(17,18)9-10(12)14-19-11(9)15(2)6-8-5-13-16(3)7-8/h5,7H,4,6H2,1-3H3,(H2,12,14). The third-order valence-corrected chi connectivity index (χ3v) is 5.76. The molecule has 0 atom stereocenters. The third-order valence-electron chi connectivity index (χ3n) is 2.87. The van der Waals surface area contributed by atoms with Crippen molar-refractivity contribution in [1.82, 2.24) is 14.2 Å². The molecular weight excluding hydrogens is 298 g/mol. The molecule has 0 aromatic carbocycles. The highest BCUT2D eigenvalue weighted by Crippen LogP contribution is 2.35. The first kappa shape index (κ1) is 14.8. The van der Waals surface area contributed by atoms with Crippen LogP contribution in [0.2, 0.25) is 0 Å². The summed E-state index contributed by atoms with van der Waals surface area (Å²) < 4.78 is 29.9. The summed E-state index contributed by atoms with van der Waals surface area (Å²) in [6.45, 7) is 2.14. The molecule has 7 nitrogen and oxygen atoms in total. The molecule has 0 aliphatic carbocycles. The van der Waals surface area contributed by atoms with Crippen molar-refractivity contribution in [1.29, 1.82) is 0 Å². The molecule has 0 saturated carbocycles. The van der Waals surface area contributed by atoms with Gasteiger partial charge in [0, 0.05) is 32.4 Å². The molecule has 2 heterocycles. The molecule has 0 saturated heterocycles. The Hall–Kier alpha value is -1.61. The fourth-order valence-corrected chi connectivity index (χ4v) is 4.16. The second kappa shape index (κ2) is 5.41. The van der Waals surface area contributed by atoms with Gasteiger partial charge in [-0.25, -0.2) is 8.42 Å². The SMILES string of the molecule is CCS(=O)(=O)c1c(N)nsc1N(C)Cc1cnn(C)c1. The minimum absolute atomic E-state index is 0.00332. The zero-order valence-corrected chi connectivity index (χ0v) is 13.2. The van der Waals surface area contributed by atoms with Gasteiger partial charge in [-0.2, -0.15) is 9.47 Å². The summed E-state index contributed by atoms with van der Waals surface area (Å²) >= 11 is 1.10. The van der Waals surface area contributed by atoms with E-state index in [4.69, 9.17) is 5.73 Å². The highest BCUT2D eigenvalue weighted by Gasteiger charge is 2.26. The number of sulfone groups is 1. The van der Waals surface area contributed by atoms with Gasteiger partial charge >= 0.3 is 0 Å². The van der Waals surface area contributed by atoms with Gasteiger partial charge in [0.05, 0.1) is 11.9 Å². The van der Waals surface area contributed by atoms with Crippen molar-refractivity contribution in [2.45, 2.75) is 18.4 Å². The van der Waals surface area contributed by atoms with E-state index in [-0.39, 0.29) is 16.5 Å². The summed E-state index contributed by atoms with van der Waals surface area (Å²) in [6, 6.07) is 0. The molecule has 110 valence electrons. The summed E-state index contributed by atoms with van der Waals surface area (Å²) in [6.07, 6.45) is 3.63. The van der Waals surface area contributed by atoms with E-state index < -0.39 is 9.84 Å². The van der Waals surface area contributed by atoms with Crippen LogP contribution in [0.5, 0.6) is 0 Å². The van der Waals surface area contributed by atoms with Crippen LogP contribution < -0.4 is 10.6 Å². The molecule has 0 unspecified atom stereocenters. The molecule has 2 rings (SSSR count). The summed E-state index contributed by atoms with van der Waals surface area (Å²) in [5, 5.41) is 4.65. The van der Waals surface area contributed by atoms with Gasteiger partial charge in [-0.3, -0.25) is 4.68 Å². The van der Waals surface area contributed by atoms with Crippen LogP contribution in [0.3, 0.4) is 0 Å². The lowest BCUT2D eigenvalue weighted by atomic mass is 10.3. The van der Waals surface area contributed by atoms with E-state index in [0.717, 1.165) is 17.1 Å². The van der Waals surface area contributed by atoms with Crippen LogP contribution in [-0.2, 0) is 23.4 Å². The van der Waals surface area contributed by atoms with E-state index >= 15 is 0 Å². The van der Waals surface area contributed by atoms with Gasteiger partial charge in [0.15, 0.2) is 15.7 Å². The second-order valence-corrected chi connectivity index (χ2v) is 7.45. The van der Waals surface area contributed by atoms with Gasteiger partial charge < -0.3 is 10.6 Å². The minimum atomic E-state index is -3.39. The predicted octanol–water partition coefficient (Wildman–Crippen LogP) is 0.889. The van der Waals surface area contributed by atoms with Crippen LogP contribution in [0.1, 0.15) is 12.5 Å². The van der Waals surface area contributed by atoms with Crippen molar-refractivity contribution in [2.75, 3.05) is 23.4 Å². The van der Waals surface area contributed by atoms with Crippen LogP contribution >= 0.6 is 11.5 Å². The molecule has 20 heavy (non-hydrogen) atoms. The lowest BCUT2D eigenvalue weighted by Gasteiger charge is -2.17. The van der Waals surface area contributed by atoms with Crippen LogP contribution in [-0.4, -0.2) is 35.4 Å². The molecule has 0 aliphatic heterocycles. The van der Waals surface area contributed by atoms with Crippen LogP contribution in [0, 0.1) is 0 Å². The zero-order chi connectivity index (χ0) is 14.9. The van der Waals surface area contributed by atoms with Crippen LogP contribution in [0.4, 0.5) is 10.8 Å². The lowest BCUT2D eigenvalue weighted by molar-refractivity contribution is 0.597. The lowest BCUT2D eigenvalue weighted by Crippen LogP contribution is -2.18. The molecule has 0 bridgehead atoms. The average Bonchev–Trinajstić information content (AvgIpc) is 2.96. The second-order valence-electron chi connectivity index (χ2n) is 4.48. The number of aryl methyl sites for hydroxylation is 1. The van der Waals surface area contributed by atoms with E-state index in [9.17, 15) is 8.42 Å². The number of hydrogen-bond donors (Lipinski definition) is 1.